The van der Waals surface area contributed by atoms with Crippen LogP contribution in [0.4, 0.5) is 0 Å². The van der Waals surface area contributed by atoms with Crippen LogP contribution in [0.5, 0.6) is 5.75 Å². The van der Waals surface area contributed by atoms with Gasteiger partial charge in [-0.05, 0) is 37.1 Å². The van der Waals surface area contributed by atoms with Crippen molar-refractivity contribution in [1.82, 2.24) is 0 Å². The molecule has 17 heavy (non-hydrogen) atoms. The van der Waals surface area contributed by atoms with E-state index in [4.69, 9.17) is 10.5 Å². The molecular formula is C13H17NO3. The summed E-state index contributed by atoms with van der Waals surface area (Å²) in [6.07, 6.45) is 0. The van der Waals surface area contributed by atoms with Gasteiger partial charge in [0, 0.05) is 5.56 Å². The van der Waals surface area contributed by atoms with E-state index < -0.39 is 12.0 Å². The first-order valence-electron chi connectivity index (χ1n) is 5.50. The monoisotopic (exact) mass is 235 g/mol. The Labute approximate surface area is 101 Å². The molecule has 1 aromatic carbocycles. The molecule has 0 spiro atoms. The molecule has 0 heterocycles. The highest BCUT2D eigenvalue weighted by atomic mass is 16.5. The second kappa shape index (κ2) is 5.59. The molecule has 4 heteroatoms. The lowest BCUT2D eigenvalue weighted by molar-refractivity contribution is -0.136. The summed E-state index contributed by atoms with van der Waals surface area (Å²) in [6, 6.07) is 5.77. The van der Waals surface area contributed by atoms with Gasteiger partial charge >= 0.3 is 5.97 Å². The fraction of sp³-hybridized carbons (Fsp3) is 0.385. The van der Waals surface area contributed by atoms with Crippen molar-refractivity contribution < 1.29 is 14.3 Å². The summed E-state index contributed by atoms with van der Waals surface area (Å²) in [7, 11) is 0. The minimum atomic E-state index is -0.637. The topological polar surface area (TPSA) is 69.4 Å². The molecule has 0 aliphatic carbocycles. The Morgan fingerprint density at radius 1 is 1.18 bits per heavy atom. The molecule has 4 nitrogen and oxygen atoms in total. The zero-order chi connectivity index (χ0) is 13.0. The predicted molar refractivity (Wildman–Crippen MR) is 64.9 cm³/mol. The molecule has 92 valence electrons. The van der Waals surface area contributed by atoms with Crippen molar-refractivity contribution in [3.8, 4) is 5.75 Å². The van der Waals surface area contributed by atoms with Gasteiger partial charge in [0.05, 0.1) is 0 Å². The first kappa shape index (κ1) is 13.4. The zero-order valence-corrected chi connectivity index (χ0v) is 10.3. The Morgan fingerprint density at radius 3 is 2.12 bits per heavy atom. The normalized spacial score (nSPS) is 12.3. The van der Waals surface area contributed by atoms with Gasteiger partial charge in [-0.25, -0.2) is 4.79 Å². The van der Waals surface area contributed by atoms with Gasteiger partial charge in [-0.15, -0.1) is 0 Å². The lowest BCUT2D eigenvalue weighted by atomic mass is 10.1. The molecule has 0 amide bonds. The fourth-order valence-electron chi connectivity index (χ4n) is 1.21. The van der Waals surface area contributed by atoms with Crippen LogP contribution in [0.1, 0.15) is 31.1 Å². The van der Waals surface area contributed by atoms with Gasteiger partial charge in [-0.1, -0.05) is 13.8 Å². The molecule has 0 aliphatic rings. The second-order valence-corrected chi connectivity index (χ2v) is 4.27. The number of hydrogen-bond acceptors (Lipinski definition) is 4. The Hall–Kier alpha value is -1.68. The fourth-order valence-corrected chi connectivity index (χ4v) is 1.21. The maximum absolute atomic E-state index is 11.6. The van der Waals surface area contributed by atoms with Crippen molar-refractivity contribution in [2.24, 2.45) is 11.7 Å². The van der Waals surface area contributed by atoms with E-state index in [0.717, 1.165) is 0 Å². The summed E-state index contributed by atoms with van der Waals surface area (Å²) in [5.41, 5.74) is 6.24. The molecule has 0 bridgehead atoms. The van der Waals surface area contributed by atoms with Gasteiger partial charge in [-0.2, -0.15) is 0 Å². The van der Waals surface area contributed by atoms with Crippen LogP contribution in [0, 0.1) is 5.92 Å². The average molecular weight is 235 g/mol. The number of rotatable bonds is 4. The van der Waals surface area contributed by atoms with Gasteiger partial charge in [0.2, 0.25) is 0 Å². The summed E-state index contributed by atoms with van der Waals surface area (Å²) in [6.45, 7) is 5.19. The van der Waals surface area contributed by atoms with Crippen LogP contribution < -0.4 is 10.5 Å². The van der Waals surface area contributed by atoms with E-state index in [1.54, 1.807) is 24.3 Å². The number of carbonyl (C=O) groups excluding carboxylic acids is 2. The van der Waals surface area contributed by atoms with E-state index in [1.165, 1.54) is 6.92 Å². The highest BCUT2D eigenvalue weighted by molar-refractivity contribution is 5.94. The zero-order valence-electron chi connectivity index (χ0n) is 10.3. The van der Waals surface area contributed by atoms with Crippen LogP contribution in [0.2, 0.25) is 0 Å². The maximum atomic E-state index is 11.6. The molecule has 2 N–H and O–H groups in total. The largest absolute Gasteiger partial charge is 0.425 e. The molecule has 1 aromatic rings. The SMILES string of the molecule is CC(=O)c1ccc(OC(=O)[C@@H](N)C(C)C)cc1. The average Bonchev–Trinajstić information content (AvgIpc) is 2.28. The third-order valence-electron chi connectivity index (χ3n) is 2.47. The number of ketones is 1. The molecule has 0 radical (unpaired) electrons. The second-order valence-electron chi connectivity index (χ2n) is 4.27. The standard InChI is InChI=1S/C13H17NO3/c1-8(2)12(14)13(16)17-11-6-4-10(5-7-11)9(3)15/h4-8,12H,14H2,1-3H3/t12-/m0/s1. The first-order chi connectivity index (χ1) is 7.91. The minimum Gasteiger partial charge on any atom is -0.425 e. The van der Waals surface area contributed by atoms with Crippen LogP contribution in [0.25, 0.3) is 0 Å². The van der Waals surface area contributed by atoms with Crippen molar-refractivity contribution >= 4 is 11.8 Å². The van der Waals surface area contributed by atoms with Gasteiger partial charge in [0.25, 0.3) is 0 Å². The quantitative estimate of drug-likeness (QED) is 0.490. The number of Topliss-reactive ketones (excluding diaryl/α,β-unsaturated/α-hetero) is 1. The van der Waals surface area contributed by atoms with Crippen molar-refractivity contribution in [2.75, 3.05) is 0 Å². The lowest BCUT2D eigenvalue weighted by Crippen LogP contribution is -2.38. The molecule has 0 saturated carbocycles. The van der Waals surface area contributed by atoms with Crippen LogP contribution in [-0.4, -0.2) is 17.8 Å². The molecule has 0 aromatic heterocycles. The Bertz CT molecular complexity index is 409. The number of carbonyl (C=O) groups is 2. The van der Waals surface area contributed by atoms with Crippen LogP contribution in [-0.2, 0) is 4.79 Å². The van der Waals surface area contributed by atoms with Gasteiger partial charge in [-0.3, -0.25) is 4.79 Å². The summed E-state index contributed by atoms with van der Waals surface area (Å²) in [4.78, 5) is 22.6. The van der Waals surface area contributed by atoms with Crippen molar-refractivity contribution in [2.45, 2.75) is 26.8 Å². The Balaban J connectivity index is 2.70. The third kappa shape index (κ3) is 3.67. The van der Waals surface area contributed by atoms with Crippen LogP contribution in [0.3, 0.4) is 0 Å². The van der Waals surface area contributed by atoms with Crippen molar-refractivity contribution in [3.05, 3.63) is 29.8 Å². The maximum Gasteiger partial charge on any atom is 0.328 e. The van der Waals surface area contributed by atoms with Crippen LogP contribution in [0.15, 0.2) is 24.3 Å². The number of hydrogen-bond donors (Lipinski definition) is 1. The molecule has 0 saturated heterocycles. The van der Waals surface area contributed by atoms with Crippen molar-refractivity contribution in [1.29, 1.82) is 0 Å². The smallest absolute Gasteiger partial charge is 0.328 e. The van der Waals surface area contributed by atoms with Crippen LogP contribution >= 0.6 is 0 Å². The van der Waals surface area contributed by atoms with E-state index in [0.29, 0.717) is 11.3 Å². The summed E-state index contributed by atoms with van der Waals surface area (Å²) in [5, 5.41) is 0. The van der Waals surface area contributed by atoms with E-state index in [9.17, 15) is 9.59 Å². The van der Waals surface area contributed by atoms with Gasteiger partial charge in [0.1, 0.15) is 11.8 Å². The molecule has 1 atom stereocenters. The molecule has 0 aliphatic heterocycles. The number of esters is 1. The molecular weight excluding hydrogens is 218 g/mol. The summed E-state index contributed by atoms with van der Waals surface area (Å²) in [5.74, 6) is -0.0626. The Kier molecular flexibility index (Phi) is 4.40. The predicted octanol–water partition coefficient (Wildman–Crippen LogP) is 1.78. The van der Waals surface area contributed by atoms with E-state index in [-0.39, 0.29) is 11.7 Å². The summed E-state index contributed by atoms with van der Waals surface area (Å²) >= 11 is 0. The highest BCUT2D eigenvalue weighted by Gasteiger charge is 2.19. The molecule has 0 fully saturated rings. The van der Waals surface area contributed by atoms with Gasteiger partial charge in [0.15, 0.2) is 5.78 Å². The van der Waals surface area contributed by atoms with E-state index in [2.05, 4.69) is 0 Å². The Morgan fingerprint density at radius 2 is 1.71 bits per heavy atom. The van der Waals surface area contributed by atoms with E-state index in [1.807, 2.05) is 13.8 Å². The van der Waals surface area contributed by atoms with E-state index >= 15 is 0 Å². The number of ether oxygens (including phenoxy) is 1. The summed E-state index contributed by atoms with van der Waals surface area (Å²) < 4.78 is 5.10. The number of benzene rings is 1. The minimum absolute atomic E-state index is 0.0261. The number of nitrogens with two attached hydrogens (primary N) is 1. The lowest BCUT2D eigenvalue weighted by Gasteiger charge is -2.14. The highest BCUT2D eigenvalue weighted by Crippen LogP contribution is 2.14. The molecule has 0 unspecified atom stereocenters. The van der Waals surface area contributed by atoms with Crippen molar-refractivity contribution in [3.63, 3.8) is 0 Å². The third-order valence-corrected chi connectivity index (χ3v) is 2.47. The first-order valence-corrected chi connectivity index (χ1v) is 5.50. The molecule has 1 rings (SSSR count). The van der Waals surface area contributed by atoms with Gasteiger partial charge < -0.3 is 10.5 Å².